The number of rotatable bonds is 4. The van der Waals surface area contributed by atoms with E-state index in [9.17, 15) is 9.59 Å². The summed E-state index contributed by atoms with van der Waals surface area (Å²) in [4.78, 5) is 20.8. The second-order valence-electron chi connectivity index (χ2n) is 2.78. The number of carbonyl (C=O) groups is 2. The number of benzene rings is 1. The van der Waals surface area contributed by atoms with Crippen molar-refractivity contribution >= 4 is 17.6 Å². The van der Waals surface area contributed by atoms with Crippen LogP contribution < -0.4 is 5.32 Å². The minimum Gasteiger partial charge on any atom is -0.507 e. The lowest BCUT2D eigenvalue weighted by Gasteiger charge is -2.05. The highest BCUT2D eigenvalue weighted by Gasteiger charge is 2.10. The molecule has 6 nitrogen and oxygen atoms in total. The molecular weight excluding hydrogens is 202 g/mol. The minimum atomic E-state index is -1.27. The van der Waals surface area contributed by atoms with E-state index in [-0.39, 0.29) is 17.9 Å². The first-order valence-electron chi connectivity index (χ1n) is 4.02. The van der Waals surface area contributed by atoms with Crippen LogP contribution in [0.15, 0.2) is 18.2 Å². The zero-order chi connectivity index (χ0) is 11.4. The van der Waals surface area contributed by atoms with Crippen LogP contribution in [0.2, 0.25) is 0 Å². The molecule has 1 rings (SSSR count). The van der Waals surface area contributed by atoms with Gasteiger partial charge in [0.25, 0.3) is 0 Å². The predicted octanol–water partition coefficient (Wildman–Crippen LogP) is 0.587. The molecule has 0 atom stereocenters. The van der Waals surface area contributed by atoms with Gasteiger partial charge in [-0.05, 0) is 18.2 Å². The molecule has 1 aromatic carbocycles. The molecule has 0 aromatic heterocycles. The Balaban J connectivity index is 2.87. The Kier molecular flexibility index (Phi) is 3.12. The molecule has 0 saturated carbocycles. The van der Waals surface area contributed by atoms with Crippen molar-refractivity contribution in [3.63, 3.8) is 0 Å². The van der Waals surface area contributed by atoms with Gasteiger partial charge >= 0.3 is 11.9 Å². The minimum absolute atomic E-state index is 0.273. The summed E-state index contributed by atoms with van der Waals surface area (Å²) < 4.78 is 0. The van der Waals surface area contributed by atoms with E-state index in [2.05, 4.69) is 5.32 Å². The average Bonchev–Trinajstić information content (AvgIpc) is 2.16. The number of aromatic hydroxyl groups is 1. The third-order valence-electron chi connectivity index (χ3n) is 1.67. The number of hydrogen-bond acceptors (Lipinski definition) is 4. The van der Waals surface area contributed by atoms with Gasteiger partial charge in [0, 0.05) is 5.69 Å². The number of nitrogens with one attached hydrogen (secondary N) is 1. The van der Waals surface area contributed by atoms with E-state index in [0.717, 1.165) is 0 Å². The third kappa shape index (κ3) is 2.87. The highest BCUT2D eigenvalue weighted by atomic mass is 16.4. The standard InChI is InChI=1S/C9H9NO5/c11-7-2-1-5(10-4-8(12)13)3-6(7)9(14)15/h1-3,10-11H,4H2,(H,12,13)(H,14,15). The molecular formula is C9H9NO5. The number of phenols is 1. The Hall–Kier alpha value is -2.24. The van der Waals surface area contributed by atoms with Crippen LogP contribution in [0, 0.1) is 0 Å². The zero-order valence-corrected chi connectivity index (χ0v) is 7.60. The van der Waals surface area contributed by atoms with Crippen LogP contribution in [0.1, 0.15) is 10.4 Å². The Morgan fingerprint density at radius 2 is 1.93 bits per heavy atom. The average molecular weight is 211 g/mol. The first-order valence-corrected chi connectivity index (χ1v) is 4.02. The molecule has 0 aliphatic heterocycles. The summed E-state index contributed by atoms with van der Waals surface area (Å²) >= 11 is 0. The lowest BCUT2D eigenvalue weighted by Crippen LogP contribution is -2.12. The van der Waals surface area contributed by atoms with Crippen LogP contribution in [0.5, 0.6) is 5.75 Å². The topological polar surface area (TPSA) is 107 Å². The van der Waals surface area contributed by atoms with Crippen molar-refractivity contribution in [2.45, 2.75) is 0 Å². The maximum atomic E-state index is 10.6. The molecule has 80 valence electrons. The molecule has 0 amide bonds. The molecule has 0 aliphatic carbocycles. The summed E-state index contributed by atoms with van der Waals surface area (Å²) in [5.74, 6) is -2.69. The fourth-order valence-corrected chi connectivity index (χ4v) is 0.995. The Bertz CT molecular complexity index is 401. The molecule has 4 N–H and O–H groups in total. The summed E-state index contributed by atoms with van der Waals surface area (Å²) in [6.45, 7) is -0.316. The smallest absolute Gasteiger partial charge is 0.339 e. The summed E-state index contributed by atoms with van der Waals surface area (Å²) in [5, 5.41) is 28.7. The Morgan fingerprint density at radius 1 is 1.27 bits per heavy atom. The van der Waals surface area contributed by atoms with E-state index in [1.165, 1.54) is 18.2 Å². The summed E-state index contributed by atoms with van der Waals surface area (Å²) in [6.07, 6.45) is 0. The normalized spacial score (nSPS) is 9.60. The van der Waals surface area contributed by atoms with Crippen molar-refractivity contribution in [2.24, 2.45) is 0 Å². The van der Waals surface area contributed by atoms with E-state index in [1.807, 2.05) is 0 Å². The maximum Gasteiger partial charge on any atom is 0.339 e. The summed E-state index contributed by atoms with van der Waals surface area (Å²) in [7, 11) is 0. The first-order chi connectivity index (χ1) is 7.00. The molecule has 0 spiro atoms. The van der Waals surface area contributed by atoms with Gasteiger partial charge in [-0.1, -0.05) is 0 Å². The molecule has 0 radical (unpaired) electrons. The van der Waals surface area contributed by atoms with Gasteiger partial charge in [0.05, 0.1) is 0 Å². The van der Waals surface area contributed by atoms with E-state index in [0.29, 0.717) is 5.69 Å². The van der Waals surface area contributed by atoms with Gasteiger partial charge in [0.1, 0.15) is 17.9 Å². The van der Waals surface area contributed by atoms with Crippen LogP contribution in [0.3, 0.4) is 0 Å². The Morgan fingerprint density at radius 3 is 2.47 bits per heavy atom. The van der Waals surface area contributed by atoms with Gasteiger partial charge in [0.2, 0.25) is 0 Å². The number of aliphatic carboxylic acids is 1. The van der Waals surface area contributed by atoms with Crippen LogP contribution >= 0.6 is 0 Å². The largest absolute Gasteiger partial charge is 0.507 e. The van der Waals surface area contributed by atoms with E-state index < -0.39 is 11.9 Å². The molecule has 0 aliphatic rings. The number of hydrogen-bond donors (Lipinski definition) is 4. The first kappa shape index (κ1) is 10.8. The SMILES string of the molecule is O=C(O)CNc1ccc(O)c(C(=O)O)c1. The predicted molar refractivity (Wildman–Crippen MR) is 51.2 cm³/mol. The van der Waals surface area contributed by atoms with Crippen molar-refractivity contribution < 1.29 is 24.9 Å². The van der Waals surface area contributed by atoms with Crippen LogP contribution in [-0.2, 0) is 4.79 Å². The zero-order valence-electron chi connectivity index (χ0n) is 7.60. The van der Waals surface area contributed by atoms with Crippen molar-refractivity contribution in [1.29, 1.82) is 0 Å². The fourth-order valence-electron chi connectivity index (χ4n) is 0.995. The monoisotopic (exact) mass is 211 g/mol. The van der Waals surface area contributed by atoms with Crippen LogP contribution in [-0.4, -0.2) is 33.8 Å². The lowest BCUT2D eigenvalue weighted by atomic mass is 10.2. The number of aromatic carboxylic acids is 1. The third-order valence-corrected chi connectivity index (χ3v) is 1.67. The quantitative estimate of drug-likeness (QED) is 0.543. The molecule has 0 unspecified atom stereocenters. The van der Waals surface area contributed by atoms with E-state index in [1.54, 1.807) is 0 Å². The highest BCUT2D eigenvalue weighted by molar-refractivity contribution is 5.92. The number of carboxylic acid groups (broad SMARTS) is 2. The molecule has 15 heavy (non-hydrogen) atoms. The molecule has 1 aromatic rings. The fraction of sp³-hybridized carbons (Fsp3) is 0.111. The molecule has 0 heterocycles. The summed E-state index contributed by atoms with van der Waals surface area (Å²) in [6, 6.07) is 3.75. The van der Waals surface area contributed by atoms with Crippen LogP contribution in [0.4, 0.5) is 5.69 Å². The molecule has 0 bridgehead atoms. The molecule has 0 fully saturated rings. The van der Waals surface area contributed by atoms with Crippen molar-refractivity contribution in [2.75, 3.05) is 11.9 Å². The van der Waals surface area contributed by atoms with E-state index in [4.69, 9.17) is 15.3 Å². The Labute approximate surface area is 84.8 Å². The van der Waals surface area contributed by atoms with Gasteiger partial charge in [-0.2, -0.15) is 0 Å². The highest BCUT2D eigenvalue weighted by Crippen LogP contribution is 2.21. The molecule has 6 heteroatoms. The maximum absolute atomic E-state index is 10.6. The van der Waals surface area contributed by atoms with Gasteiger partial charge in [0.15, 0.2) is 0 Å². The second kappa shape index (κ2) is 4.32. The number of carboxylic acids is 2. The van der Waals surface area contributed by atoms with Gasteiger partial charge in [-0.15, -0.1) is 0 Å². The van der Waals surface area contributed by atoms with Crippen molar-refractivity contribution in [3.8, 4) is 5.75 Å². The second-order valence-corrected chi connectivity index (χ2v) is 2.78. The van der Waals surface area contributed by atoms with E-state index >= 15 is 0 Å². The lowest BCUT2D eigenvalue weighted by molar-refractivity contribution is -0.134. The van der Waals surface area contributed by atoms with Crippen molar-refractivity contribution in [3.05, 3.63) is 23.8 Å². The van der Waals surface area contributed by atoms with Crippen LogP contribution in [0.25, 0.3) is 0 Å². The number of anilines is 1. The van der Waals surface area contributed by atoms with Gasteiger partial charge in [-0.3, -0.25) is 4.79 Å². The molecule has 0 saturated heterocycles. The van der Waals surface area contributed by atoms with Gasteiger partial charge < -0.3 is 20.6 Å². The van der Waals surface area contributed by atoms with Crippen molar-refractivity contribution in [1.82, 2.24) is 0 Å². The van der Waals surface area contributed by atoms with Gasteiger partial charge in [-0.25, -0.2) is 4.79 Å². The summed E-state index contributed by atoms with van der Waals surface area (Å²) in [5.41, 5.74) is 0.0537.